The number of amides is 1. The van der Waals surface area contributed by atoms with Crippen LogP contribution in [0.2, 0.25) is 0 Å². The van der Waals surface area contributed by atoms with Crippen LogP contribution in [0.25, 0.3) is 27.9 Å². The predicted molar refractivity (Wildman–Crippen MR) is 121 cm³/mol. The molecule has 9 nitrogen and oxygen atoms in total. The molecule has 0 aliphatic heterocycles. The number of aromatic nitrogens is 5. The van der Waals surface area contributed by atoms with Crippen molar-refractivity contribution in [1.29, 1.82) is 0 Å². The molecule has 3 atom stereocenters. The first kappa shape index (κ1) is 21.0. The Morgan fingerprint density at radius 2 is 2.12 bits per heavy atom. The molecular weight excluding hydrogens is 444 g/mol. The third-order valence-electron chi connectivity index (χ3n) is 6.76. The molecule has 0 radical (unpaired) electrons. The van der Waals surface area contributed by atoms with Gasteiger partial charge in [-0.05, 0) is 31.4 Å². The molecule has 176 valence electrons. The van der Waals surface area contributed by atoms with E-state index in [0.29, 0.717) is 46.6 Å². The van der Waals surface area contributed by atoms with E-state index < -0.39 is 18.1 Å². The topological polar surface area (TPSA) is 109 Å². The van der Waals surface area contributed by atoms with E-state index in [0.717, 1.165) is 6.42 Å². The number of aliphatic hydroxyl groups excluding tert-OH is 1. The Kier molecular flexibility index (Phi) is 4.60. The number of nitrogens with zero attached hydrogens (tertiary/aromatic N) is 5. The van der Waals surface area contributed by atoms with Crippen molar-refractivity contribution < 1.29 is 18.7 Å². The molecule has 4 aromatic rings. The molecule has 0 spiro atoms. The molecule has 0 aromatic carbocycles. The number of hydrogen-bond acceptors (Lipinski definition) is 6. The maximum atomic E-state index is 13.9. The van der Waals surface area contributed by atoms with Crippen molar-refractivity contribution in [3.8, 4) is 11.3 Å². The summed E-state index contributed by atoms with van der Waals surface area (Å²) in [5.74, 6) is -2.54. The zero-order chi connectivity index (χ0) is 23.6. The molecule has 34 heavy (non-hydrogen) atoms. The van der Waals surface area contributed by atoms with Crippen molar-refractivity contribution in [2.75, 3.05) is 12.4 Å². The first-order valence-corrected chi connectivity index (χ1v) is 11.3. The van der Waals surface area contributed by atoms with Gasteiger partial charge in [0.25, 0.3) is 11.8 Å². The molecule has 2 fully saturated rings. The van der Waals surface area contributed by atoms with Gasteiger partial charge < -0.3 is 20.3 Å². The Balaban J connectivity index is 1.47. The summed E-state index contributed by atoms with van der Waals surface area (Å²) >= 11 is 0. The van der Waals surface area contributed by atoms with Crippen LogP contribution in [0.3, 0.4) is 0 Å². The van der Waals surface area contributed by atoms with Crippen LogP contribution in [-0.2, 0) is 0 Å². The van der Waals surface area contributed by atoms with Crippen LogP contribution in [0, 0.1) is 0 Å². The number of hydrogen-bond donors (Lipinski definition) is 3. The zero-order valence-corrected chi connectivity index (χ0v) is 18.4. The Labute approximate surface area is 192 Å². The van der Waals surface area contributed by atoms with Crippen LogP contribution in [0.15, 0.2) is 36.8 Å². The lowest BCUT2D eigenvalue weighted by atomic mass is 10.1. The number of fused-ring (bicyclic) bond motifs is 2. The fourth-order valence-electron chi connectivity index (χ4n) is 4.82. The summed E-state index contributed by atoms with van der Waals surface area (Å²) in [5, 5.41) is 21.1. The number of carbonyl (C=O) groups excluding carboxylic acids is 1. The number of rotatable bonds is 5. The molecule has 4 aromatic heterocycles. The number of alkyl halides is 2. The molecule has 4 heterocycles. The normalized spacial score (nSPS) is 23.5. The van der Waals surface area contributed by atoms with E-state index in [2.05, 4.69) is 20.7 Å². The van der Waals surface area contributed by atoms with Gasteiger partial charge in [0.15, 0.2) is 5.65 Å². The molecule has 0 bridgehead atoms. The van der Waals surface area contributed by atoms with Crippen LogP contribution < -0.4 is 10.6 Å². The minimum atomic E-state index is -2.75. The summed E-state index contributed by atoms with van der Waals surface area (Å²) in [7, 11) is 1.73. The molecule has 2 aliphatic carbocycles. The van der Waals surface area contributed by atoms with E-state index in [-0.39, 0.29) is 23.9 Å². The highest BCUT2D eigenvalue weighted by Crippen LogP contribution is 2.54. The van der Waals surface area contributed by atoms with E-state index in [4.69, 9.17) is 4.98 Å². The lowest BCUT2D eigenvalue weighted by molar-refractivity contribution is 0.0874. The Hall–Kier alpha value is -3.60. The Bertz CT molecular complexity index is 1430. The van der Waals surface area contributed by atoms with Crippen LogP contribution in [0.1, 0.15) is 42.1 Å². The van der Waals surface area contributed by atoms with Gasteiger partial charge >= 0.3 is 0 Å². The van der Waals surface area contributed by atoms with Gasteiger partial charge in [-0.15, -0.1) is 0 Å². The van der Waals surface area contributed by atoms with Crippen molar-refractivity contribution in [3.63, 3.8) is 0 Å². The monoisotopic (exact) mass is 467 g/mol. The predicted octanol–water partition coefficient (Wildman–Crippen LogP) is 3.01. The summed E-state index contributed by atoms with van der Waals surface area (Å²) in [5.41, 5.74) is 2.21. The van der Waals surface area contributed by atoms with Gasteiger partial charge in [-0.2, -0.15) is 9.61 Å². The van der Waals surface area contributed by atoms with E-state index in [1.54, 1.807) is 31.6 Å². The third-order valence-corrected chi connectivity index (χ3v) is 6.76. The largest absolute Gasteiger partial charge is 0.391 e. The van der Waals surface area contributed by atoms with E-state index >= 15 is 0 Å². The van der Waals surface area contributed by atoms with Gasteiger partial charge in [0.1, 0.15) is 23.1 Å². The highest BCUT2D eigenvalue weighted by Gasteiger charge is 2.58. The van der Waals surface area contributed by atoms with Crippen molar-refractivity contribution in [1.82, 2.24) is 29.5 Å². The zero-order valence-electron chi connectivity index (χ0n) is 18.4. The fourth-order valence-corrected chi connectivity index (χ4v) is 4.82. The molecule has 2 aliphatic rings. The second kappa shape index (κ2) is 7.45. The van der Waals surface area contributed by atoms with Gasteiger partial charge in [0.2, 0.25) is 0 Å². The Morgan fingerprint density at radius 1 is 1.29 bits per heavy atom. The number of halogens is 2. The van der Waals surface area contributed by atoms with Gasteiger partial charge in [-0.3, -0.25) is 4.79 Å². The summed E-state index contributed by atoms with van der Waals surface area (Å²) in [4.78, 5) is 22.1. The number of nitrogens with one attached hydrogen (secondary N) is 2. The van der Waals surface area contributed by atoms with Crippen LogP contribution in [0.5, 0.6) is 0 Å². The van der Waals surface area contributed by atoms with Gasteiger partial charge in [0, 0.05) is 42.9 Å². The summed E-state index contributed by atoms with van der Waals surface area (Å²) < 4.78 is 30.8. The van der Waals surface area contributed by atoms with Crippen molar-refractivity contribution in [2.45, 2.75) is 49.8 Å². The summed E-state index contributed by atoms with van der Waals surface area (Å²) in [6.45, 7) is 0. The van der Waals surface area contributed by atoms with E-state index in [1.165, 1.54) is 15.3 Å². The lowest BCUT2D eigenvalue weighted by Gasteiger charge is -2.15. The molecule has 11 heteroatoms. The fraction of sp³-hybridized carbons (Fsp3) is 0.391. The van der Waals surface area contributed by atoms with E-state index in [1.807, 2.05) is 6.07 Å². The SMILES string of the molecule is CNc1cc(-c2cn([C@@H]3CC3(F)F)c3ncccc23)nc2c(C(=O)NC3CCC[C@H]3O)cnn12. The standard InChI is InChI=1S/C23H23F2N7O2/c1-26-19-8-16(14-11-31(18-9-23(18,24)25)20-12(14)4-3-7-27-20)29-21-13(10-28-32(19)21)22(34)30-15-5-2-6-17(15)33/h3-4,7-8,10-11,15,17-18,26,33H,2,5-6,9H2,1H3,(H,30,34)/t15?,17-,18-/m1/s1. The molecule has 1 unspecified atom stereocenters. The number of carbonyl (C=O) groups is 1. The van der Waals surface area contributed by atoms with Gasteiger partial charge in [-0.25, -0.2) is 18.7 Å². The molecule has 2 saturated carbocycles. The first-order valence-electron chi connectivity index (χ1n) is 11.3. The van der Waals surface area contributed by atoms with Crippen LogP contribution in [0.4, 0.5) is 14.6 Å². The molecular formula is C23H23F2N7O2. The smallest absolute Gasteiger partial charge is 0.270 e. The van der Waals surface area contributed by atoms with Crippen LogP contribution in [-0.4, -0.2) is 60.3 Å². The second-order valence-corrected chi connectivity index (χ2v) is 8.95. The first-order chi connectivity index (χ1) is 16.4. The van der Waals surface area contributed by atoms with Crippen molar-refractivity contribution in [2.24, 2.45) is 0 Å². The summed E-state index contributed by atoms with van der Waals surface area (Å²) in [6, 6.07) is 4.10. The average molecular weight is 467 g/mol. The lowest BCUT2D eigenvalue weighted by Crippen LogP contribution is -2.39. The minimum absolute atomic E-state index is 0.221. The quantitative estimate of drug-likeness (QED) is 0.416. The highest BCUT2D eigenvalue weighted by molar-refractivity contribution is 6.01. The van der Waals surface area contributed by atoms with Gasteiger partial charge in [0.05, 0.1) is 24.0 Å². The van der Waals surface area contributed by atoms with E-state index in [9.17, 15) is 18.7 Å². The second-order valence-electron chi connectivity index (χ2n) is 8.95. The van der Waals surface area contributed by atoms with Gasteiger partial charge in [-0.1, -0.05) is 0 Å². The molecule has 3 N–H and O–H groups in total. The molecule has 1 amide bonds. The maximum absolute atomic E-state index is 13.9. The minimum Gasteiger partial charge on any atom is -0.391 e. The Morgan fingerprint density at radius 3 is 2.82 bits per heavy atom. The number of anilines is 1. The third kappa shape index (κ3) is 3.22. The number of aliphatic hydroxyl groups is 1. The average Bonchev–Trinajstić information content (AvgIpc) is 3.22. The molecule has 0 saturated heterocycles. The number of pyridine rings is 1. The maximum Gasteiger partial charge on any atom is 0.270 e. The highest BCUT2D eigenvalue weighted by atomic mass is 19.3. The van der Waals surface area contributed by atoms with Crippen molar-refractivity contribution >= 4 is 28.4 Å². The molecule has 6 rings (SSSR count). The van der Waals surface area contributed by atoms with Crippen LogP contribution >= 0.6 is 0 Å². The van der Waals surface area contributed by atoms with Crippen molar-refractivity contribution in [3.05, 3.63) is 42.4 Å². The summed E-state index contributed by atoms with van der Waals surface area (Å²) in [6.07, 6.45) is 6.12.